The summed E-state index contributed by atoms with van der Waals surface area (Å²) in [6, 6.07) is 10.8. The molecule has 3 nitrogen and oxygen atoms in total. The molecule has 0 atom stereocenters. The molecule has 1 aromatic carbocycles. The average Bonchev–Trinajstić information content (AvgIpc) is 2.45. The summed E-state index contributed by atoms with van der Waals surface area (Å²) >= 11 is 0. The maximum Gasteiger partial charge on any atom is 0.126 e. The molecule has 21 heavy (non-hydrogen) atoms. The van der Waals surface area contributed by atoms with Crippen molar-refractivity contribution in [2.45, 2.75) is 26.4 Å². The number of anilines is 1. The van der Waals surface area contributed by atoms with Crippen molar-refractivity contribution in [3.63, 3.8) is 0 Å². The Morgan fingerprint density at radius 3 is 2.62 bits per heavy atom. The van der Waals surface area contributed by atoms with Crippen LogP contribution in [0.5, 0.6) is 0 Å². The van der Waals surface area contributed by atoms with Crippen molar-refractivity contribution in [1.82, 2.24) is 9.88 Å². The third kappa shape index (κ3) is 5.16. The highest BCUT2D eigenvalue weighted by molar-refractivity contribution is 5.37. The van der Waals surface area contributed by atoms with Gasteiger partial charge in [0.15, 0.2) is 0 Å². The number of nitrogens with zero attached hydrogens (tertiary/aromatic N) is 2. The fourth-order valence-electron chi connectivity index (χ4n) is 2.24. The average molecular weight is 287 g/mol. The first kappa shape index (κ1) is 15.4. The van der Waals surface area contributed by atoms with Crippen LogP contribution >= 0.6 is 0 Å². The number of hydrogen-bond donors (Lipinski definition) is 1. The van der Waals surface area contributed by atoms with E-state index in [9.17, 15) is 4.39 Å². The van der Waals surface area contributed by atoms with E-state index in [1.807, 2.05) is 25.4 Å². The van der Waals surface area contributed by atoms with Gasteiger partial charge in [-0.3, -0.25) is 4.90 Å². The second-order valence-corrected chi connectivity index (χ2v) is 5.28. The van der Waals surface area contributed by atoms with Crippen LogP contribution in [0.1, 0.15) is 24.5 Å². The van der Waals surface area contributed by atoms with Gasteiger partial charge in [-0.05, 0) is 48.9 Å². The fourth-order valence-corrected chi connectivity index (χ4v) is 2.24. The fraction of sp³-hybridized carbons (Fsp3) is 0.353. The topological polar surface area (TPSA) is 28.2 Å². The van der Waals surface area contributed by atoms with E-state index in [0.29, 0.717) is 0 Å². The summed E-state index contributed by atoms with van der Waals surface area (Å²) in [5, 5.41) is 3.29. The lowest BCUT2D eigenvalue weighted by atomic mass is 10.2. The first-order valence-electron chi connectivity index (χ1n) is 7.29. The molecule has 0 unspecified atom stereocenters. The molecule has 0 spiro atoms. The molecule has 0 aliphatic heterocycles. The molecular weight excluding hydrogens is 265 g/mol. The van der Waals surface area contributed by atoms with Gasteiger partial charge in [-0.2, -0.15) is 0 Å². The Morgan fingerprint density at radius 2 is 1.90 bits per heavy atom. The van der Waals surface area contributed by atoms with Crippen LogP contribution in [0.15, 0.2) is 42.6 Å². The van der Waals surface area contributed by atoms with Crippen molar-refractivity contribution in [2.75, 3.05) is 18.9 Å². The number of benzene rings is 1. The van der Waals surface area contributed by atoms with E-state index in [2.05, 4.69) is 28.2 Å². The van der Waals surface area contributed by atoms with Gasteiger partial charge in [0.2, 0.25) is 0 Å². The normalized spacial score (nSPS) is 10.9. The van der Waals surface area contributed by atoms with Gasteiger partial charge in [0.1, 0.15) is 11.6 Å². The maximum atomic E-state index is 13.2. The molecule has 2 rings (SSSR count). The Labute approximate surface area is 125 Å². The molecule has 1 aromatic heterocycles. The quantitative estimate of drug-likeness (QED) is 0.842. The molecule has 1 heterocycles. The highest BCUT2D eigenvalue weighted by atomic mass is 19.1. The van der Waals surface area contributed by atoms with Crippen molar-refractivity contribution in [3.05, 3.63) is 59.5 Å². The second kappa shape index (κ2) is 7.74. The molecule has 0 fully saturated rings. The van der Waals surface area contributed by atoms with E-state index in [0.717, 1.165) is 37.4 Å². The molecule has 1 N–H and O–H groups in total. The summed E-state index contributed by atoms with van der Waals surface area (Å²) in [5.41, 5.74) is 2.18. The minimum absolute atomic E-state index is 0.184. The summed E-state index contributed by atoms with van der Waals surface area (Å²) in [4.78, 5) is 6.46. The van der Waals surface area contributed by atoms with E-state index < -0.39 is 0 Å². The predicted octanol–water partition coefficient (Wildman–Crippen LogP) is 3.67. The number of aromatic nitrogens is 1. The third-order valence-corrected chi connectivity index (χ3v) is 3.17. The molecule has 0 aliphatic rings. The van der Waals surface area contributed by atoms with Gasteiger partial charge in [0.25, 0.3) is 0 Å². The number of hydrogen-bond acceptors (Lipinski definition) is 3. The lowest BCUT2D eigenvalue weighted by molar-refractivity contribution is 0.318. The SMILES string of the molecule is CCCNc1cc(CN(C)Cc2cccc(F)c2)ccn1. The van der Waals surface area contributed by atoms with Crippen LogP contribution in [0.2, 0.25) is 0 Å². The van der Waals surface area contributed by atoms with Crippen LogP contribution in [0.25, 0.3) is 0 Å². The maximum absolute atomic E-state index is 13.2. The van der Waals surface area contributed by atoms with Crippen LogP contribution in [0.4, 0.5) is 10.2 Å². The van der Waals surface area contributed by atoms with Gasteiger partial charge in [-0.25, -0.2) is 9.37 Å². The molecule has 0 bridgehead atoms. The number of halogens is 1. The highest BCUT2D eigenvalue weighted by Crippen LogP contribution is 2.12. The van der Waals surface area contributed by atoms with Crippen molar-refractivity contribution in [3.8, 4) is 0 Å². The Hall–Kier alpha value is -1.94. The standard InChI is InChI=1S/C17H22FN3/c1-3-8-19-17-11-15(7-9-20-17)13-21(2)12-14-5-4-6-16(18)10-14/h4-7,9-11H,3,8,12-13H2,1-2H3,(H,19,20). The number of rotatable bonds is 7. The van der Waals surface area contributed by atoms with Gasteiger partial charge < -0.3 is 5.32 Å². The van der Waals surface area contributed by atoms with Crippen LogP contribution in [-0.2, 0) is 13.1 Å². The molecule has 0 saturated carbocycles. The number of nitrogens with one attached hydrogen (secondary N) is 1. The Morgan fingerprint density at radius 1 is 1.14 bits per heavy atom. The number of pyridine rings is 1. The van der Waals surface area contributed by atoms with E-state index >= 15 is 0 Å². The molecule has 0 radical (unpaired) electrons. The van der Waals surface area contributed by atoms with Crippen LogP contribution in [0.3, 0.4) is 0 Å². The lowest BCUT2D eigenvalue weighted by Crippen LogP contribution is -2.17. The molecular formula is C17H22FN3. The van der Waals surface area contributed by atoms with Crippen molar-refractivity contribution >= 4 is 5.82 Å². The minimum Gasteiger partial charge on any atom is -0.370 e. The lowest BCUT2D eigenvalue weighted by Gasteiger charge is -2.17. The van der Waals surface area contributed by atoms with Crippen LogP contribution in [-0.4, -0.2) is 23.5 Å². The largest absolute Gasteiger partial charge is 0.370 e. The van der Waals surface area contributed by atoms with E-state index in [4.69, 9.17) is 0 Å². The molecule has 0 amide bonds. The summed E-state index contributed by atoms with van der Waals surface area (Å²) in [6.45, 7) is 4.58. The third-order valence-electron chi connectivity index (χ3n) is 3.17. The smallest absolute Gasteiger partial charge is 0.126 e. The molecule has 0 saturated heterocycles. The predicted molar refractivity (Wildman–Crippen MR) is 84.6 cm³/mol. The van der Waals surface area contributed by atoms with Crippen molar-refractivity contribution in [2.24, 2.45) is 0 Å². The summed E-state index contributed by atoms with van der Waals surface area (Å²) in [6.07, 6.45) is 2.90. The molecule has 0 aliphatic carbocycles. The summed E-state index contributed by atoms with van der Waals surface area (Å²) < 4.78 is 13.2. The van der Waals surface area contributed by atoms with Gasteiger partial charge >= 0.3 is 0 Å². The molecule has 4 heteroatoms. The first-order valence-corrected chi connectivity index (χ1v) is 7.29. The van der Waals surface area contributed by atoms with Crippen molar-refractivity contribution < 1.29 is 4.39 Å². The Kier molecular flexibility index (Phi) is 5.69. The minimum atomic E-state index is -0.184. The van der Waals surface area contributed by atoms with E-state index in [1.54, 1.807) is 12.1 Å². The first-order chi connectivity index (χ1) is 10.2. The summed E-state index contributed by atoms with van der Waals surface area (Å²) in [5.74, 6) is 0.726. The summed E-state index contributed by atoms with van der Waals surface area (Å²) in [7, 11) is 2.03. The monoisotopic (exact) mass is 287 g/mol. The van der Waals surface area contributed by atoms with Gasteiger partial charge in [0, 0.05) is 25.8 Å². The zero-order chi connectivity index (χ0) is 15.1. The van der Waals surface area contributed by atoms with Gasteiger partial charge in [0.05, 0.1) is 0 Å². The van der Waals surface area contributed by atoms with E-state index in [-0.39, 0.29) is 5.82 Å². The second-order valence-electron chi connectivity index (χ2n) is 5.28. The Balaban J connectivity index is 1.94. The van der Waals surface area contributed by atoms with Crippen LogP contribution < -0.4 is 5.32 Å². The molecule has 2 aromatic rings. The highest BCUT2D eigenvalue weighted by Gasteiger charge is 2.04. The zero-order valence-corrected chi connectivity index (χ0v) is 12.6. The zero-order valence-electron chi connectivity index (χ0n) is 12.6. The van der Waals surface area contributed by atoms with E-state index in [1.165, 1.54) is 11.6 Å². The Bertz CT molecular complexity index is 571. The molecule has 112 valence electrons. The van der Waals surface area contributed by atoms with Crippen LogP contribution in [0, 0.1) is 5.82 Å². The van der Waals surface area contributed by atoms with Gasteiger partial charge in [-0.1, -0.05) is 19.1 Å². The van der Waals surface area contributed by atoms with Gasteiger partial charge in [-0.15, -0.1) is 0 Å². The van der Waals surface area contributed by atoms with Crippen molar-refractivity contribution in [1.29, 1.82) is 0 Å².